The lowest BCUT2D eigenvalue weighted by Gasteiger charge is -2.32. The SMILES string of the molecule is CC1(C)OB([C@@]23CNC[C@@H]2C3)OC1(C)C.Cl. The quantitative estimate of drug-likeness (QED) is 0.716. The molecule has 0 radical (unpaired) electrons. The first-order valence-electron chi connectivity index (χ1n) is 5.94. The molecule has 2 aliphatic heterocycles. The Balaban J connectivity index is 0.000000963. The standard InChI is InChI=1S/C11H20BNO2.ClH/c1-9(2)10(3,4)15-12(14-9)11-5-8(11)6-13-7-11;/h8,13H,5-7H2,1-4H3;1H/t8-,11-;/m0./s1. The summed E-state index contributed by atoms with van der Waals surface area (Å²) in [6, 6.07) is 0. The summed E-state index contributed by atoms with van der Waals surface area (Å²) in [6.07, 6.45) is 1.27. The molecule has 2 saturated heterocycles. The molecular weight excluding hydrogens is 224 g/mol. The Kier molecular flexibility index (Phi) is 2.68. The summed E-state index contributed by atoms with van der Waals surface area (Å²) in [4.78, 5) is 0. The highest BCUT2D eigenvalue weighted by Gasteiger charge is 2.70. The van der Waals surface area contributed by atoms with E-state index in [0.717, 1.165) is 19.0 Å². The van der Waals surface area contributed by atoms with Gasteiger partial charge >= 0.3 is 7.12 Å². The van der Waals surface area contributed by atoms with E-state index in [1.165, 1.54) is 6.42 Å². The molecule has 92 valence electrons. The van der Waals surface area contributed by atoms with Gasteiger partial charge in [0, 0.05) is 5.31 Å². The highest BCUT2D eigenvalue weighted by Crippen LogP contribution is 2.66. The van der Waals surface area contributed by atoms with Gasteiger partial charge in [0.25, 0.3) is 0 Å². The van der Waals surface area contributed by atoms with Crippen molar-refractivity contribution >= 4 is 19.5 Å². The number of hydrogen-bond donors (Lipinski definition) is 1. The van der Waals surface area contributed by atoms with Gasteiger partial charge in [-0.15, -0.1) is 12.4 Å². The molecule has 0 aromatic heterocycles. The number of rotatable bonds is 1. The van der Waals surface area contributed by atoms with E-state index in [0.29, 0.717) is 5.31 Å². The second kappa shape index (κ2) is 3.38. The van der Waals surface area contributed by atoms with Crippen LogP contribution in [0.3, 0.4) is 0 Å². The number of halogens is 1. The zero-order valence-electron chi connectivity index (χ0n) is 10.5. The van der Waals surface area contributed by atoms with Crippen LogP contribution in [0.15, 0.2) is 0 Å². The third kappa shape index (κ3) is 1.47. The number of nitrogens with one attached hydrogen (secondary N) is 1. The van der Waals surface area contributed by atoms with Crippen molar-refractivity contribution < 1.29 is 9.31 Å². The summed E-state index contributed by atoms with van der Waals surface area (Å²) in [5, 5.41) is 3.73. The van der Waals surface area contributed by atoms with Crippen LogP contribution in [-0.4, -0.2) is 31.4 Å². The molecule has 3 nitrogen and oxygen atoms in total. The molecule has 1 N–H and O–H groups in total. The Labute approximate surface area is 104 Å². The minimum Gasteiger partial charge on any atom is -0.403 e. The van der Waals surface area contributed by atoms with E-state index in [1.54, 1.807) is 0 Å². The molecule has 3 rings (SSSR count). The van der Waals surface area contributed by atoms with Crippen molar-refractivity contribution in [3.8, 4) is 0 Å². The minimum atomic E-state index is -0.178. The van der Waals surface area contributed by atoms with Gasteiger partial charge in [-0.1, -0.05) is 0 Å². The first-order valence-corrected chi connectivity index (χ1v) is 5.94. The lowest BCUT2D eigenvalue weighted by Crippen LogP contribution is -2.41. The van der Waals surface area contributed by atoms with Gasteiger partial charge in [0.15, 0.2) is 0 Å². The molecule has 0 bridgehead atoms. The van der Waals surface area contributed by atoms with E-state index in [2.05, 4.69) is 33.0 Å². The Morgan fingerprint density at radius 1 is 1.12 bits per heavy atom. The van der Waals surface area contributed by atoms with Crippen molar-refractivity contribution in [2.75, 3.05) is 13.1 Å². The largest absolute Gasteiger partial charge is 0.466 e. The van der Waals surface area contributed by atoms with Gasteiger partial charge < -0.3 is 14.6 Å². The van der Waals surface area contributed by atoms with Crippen LogP contribution >= 0.6 is 12.4 Å². The normalized spacial score (nSPS) is 42.8. The Morgan fingerprint density at radius 3 is 2.06 bits per heavy atom. The molecule has 3 fully saturated rings. The molecule has 0 aromatic rings. The van der Waals surface area contributed by atoms with Crippen LogP contribution in [0.4, 0.5) is 0 Å². The van der Waals surface area contributed by atoms with E-state index >= 15 is 0 Å². The van der Waals surface area contributed by atoms with E-state index in [1.807, 2.05) is 0 Å². The second-order valence-electron chi connectivity index (χ2n) is 6.35. The predicted octanol–water partition coefficient (Wildman–Crippen LogP) is 1.86. The number of hydrogen-bond acceptors (Lipinski definition) is 3. The summed E-state index contributed by atoms with van der Waals surface area (Å²) in [5.74, 6) is 0.784. The fourth-order valence-electron chi connectivity index (χ4n) is 2.82. The highest BCUT2D eigenvalue weighted by molar-refractivity contribution is 6.51. The molecule has 0 spiro atoms. The van der Waals surface area contributed by atoms with Crippen molar-refractivity contribution in [1.29, 1.82) is 0 Å². The van der Waals surface area contributed by atoms with E-state index in [9.17, 15) is 0 Å². The van der Waals surface area contributed by atoms with E-state index in [4.69, 9.17) is 9.31 Å². The average Bonchev–Trinajstić information content (AvgIpc) is 2.58. The van der Waals surface area contributed by atoms with E-state index in [-0.39, 0.29) is 30.7 Å². The maximum Gasteiger partial charge on any atom is 0.466 e. The third-order valence-corrected chi connectivity index (χ3v) is 4.85. The zero-order valence-corrected chi connectivity index (χ0v) is 11.3. The van der Waals surface area contributed by atoms with Crippen molar-refractivity contribution in [2.45, 2.75) is 50.6 Å². The molecule has 0 aromatic carbocycles. The summed E-state index contributed by atoms with van der Waals surface area (Å²) < 4.78 is 12.3. The van der Waals surface area contributed by atoms with Gasteiger partial charge in [0.2, 0.25) is 0 Å². The van der Waals surface area contributed by atoms with Crippen molar-refractivity contribution in [3.63, 3.8) is 0 Å². The van der Waals surface area contributed by atoms with Gasteiger partial charge in [-0.3, -0.25) is 0 Å². The summed E-state index contributed by atoms with van der Waals surface area (Å²) >= 11 is 0. The van der Waals surface area contributed by atoms with Crippen molar-refractivity contribution in [1.82, 2.24) is 5.32 Å². The highest BCUT2D eigenvalue weighted by atomic mass is 35.5. The molecule has 0 amide bonds. The average molecular weight is 246 g/mol. The van der Waals surface area contributed by atoms with Crippen LogP contribution < -0.4 is 5.32 Å². The van der Waals surface area contributed by atoms with Crippen LogP contribution in [0, 0.1) is 5.92 Å². The smallest absolute Gasteiger partial charge is 0.403 e. The van der Waals surface area contributed by atoms with Gasteiger partial charge in [0.05, 0.1) is 11.2 Å². The lowest BCUT2D eigenvalue weighted by atomic mass is 9.67. The fourth-order valence-corrected chi connectivity index (χ4v) is 2.82. The van der Waals surface area contributed by atoms with Gasteiger partial charge in [-0.2, -0.15) is 0 Å². The van der Waals surface area contributed by atoms with Gasteiger partial charge in [0.1, 0.15) is 0 Å². The predicted molar refractivity (Wildman–Crippen MR) is 67.0 cm³/mol. The molecule has 2 heterocycles. The fraction of sp³-hybridized carbons (Fsp3) is 1.00. The Morgan fingerprint density at radius 2 is 1.69 bits per heavy atom. The van der Waals surface area contributed by atoms with Gasteiger partial charge in [-0.25, -0.2) is 0 Å². The molecule has 0 unspecified atom stereocenters. The summed E-state index contributed by atoms with van der Waals surface area (Å²) in [7, 11) is 0.00231. The Hall–Kier alpha value is 0.235. The molecule has 5 heteroatoms. The number of fused-ring (bicyclic) bond motifs is 1. The van der Waals surface area contributed by atoms with E-state index < -0.39 is 0 Å². The van der Waals surface area contributed by atoms with Crippen molar-refractivity contribution in [2.24, 2.45) is 5.92 Å². The first-order chi connectivity index (χ1) is 6.87. The van der Waals surface area contributed by atoms with Crippen LogP contribution in [0.2, 0.25) is 5.31 Å². The zero-order chi connectivity index (χ0) is 10.9. The number of piperidine rings is 1. The first kappa shape index (κ1) is 12.7. The van der Waals surface area contributed by atoms with Crippen LogP contribution in [-0.2, 0) is 9.31 Å². The molecule has 16 heavy (non-hydrogen) atoms. The van der Waals surface area contributed by atoms with Crippen LogP contribution in [0.25, 0.3) is 0 Å². The summed E-state index contributed by atoms with van der Waals surface area (Å²) in [6.45, 7) is 10.7. The molecule has 1 saturated carbocycles. The van der Waals surface area contributed by atoms with Gasteiger partial charge in [-0.05, 0) is 53.1 Å². The third-order valence-electron chi connectivity index (χ3n) is 4.85. The van der Waals surface area contributed by atoms with Crippen molar-refractivity contribution in [3.05, 3.63) is 0 Å². The minimum absolute atomic E-state index is 0. The lowest BCUT2D eigenvalue weighted by molar-refractivity contribution is 0.00578. The van der Waals surface area contributed by atoms with Crippen LogP contribution in [0.1, 0.15) is 34.1 Å². The Bertz CT molecular complexity index is 294. The monoisotopic (exact) mass is 245 g/mol. The molecule has 3 aliphatic rings. The molecular formula is C11H21BClNO2. The van der Waals surface area contributed by atoms with Crippen LogP contribution in [0.5, 0.6) is 0 Å². The maximum atomic E-state index is 6.13. The topological polar surface area (TPSA) is 30.5 Å². The molecule has 2 atom stereocenters. The molecule has 1 aliphatic carbocycles. The second-order valence-corrected chi connectivity index (χ2v) is 6.35. The summed E-state index contributed by atoms with van der Waals surface area (Å²) in [5.41, 5.74) is -0.357. The maximum absolute atomic E-state index is 6.13.